The summed E-state index contributed by atoms with van der Waals surface area (Å²) in [6.45, 7) is 0. The minimum absolute atomic E-state index is 0. The van der Waals surface area contributed by atoms with Crippen molar-refractivity contribution >= 4 is 0 Å². The van der Waals surface area contributed by atoms with Gasteiger partial charge in [0.15, 0.2) is 0 Å². The molecule has 0 spiro atoms. The van der Waals surface area contributed by atoms with Gasteiger partial charge in [0.05, 0.1) is 6.20 Å². The van der Waals surface area contributed by atoms with Crippen molar-refractivity contribution in [1.29, 1.82) is 0 Å². The Morgan fingerprint density at radius 1 is 1.71 bits per heavy atom. The quantitative estimate of drug-likeness (QED) is 0.523. The largest absolute Gasteiger partial charge is 0.253 e. The molecule has 0 bridgehead atoms. The summed E-state index contributed by atoms with van der Waals surface area (Å²) in [4.78, 5) is 0. The molecule has 0 saturated carbocycles. The van der Waals surface area contributed by atoms with Gasteiger partial charge in [0, 0.05) is 6.07 Å². The Kier molecular flexibility index (Phi) is 2.05. The molecule has 1 aromatic heterocycles. The van der Waals surface area contributed by atoms with Gasteiger partial charge in [0.25, 0.3) is 0 Å². The topological polar surface area (TPSA) is 28.7 Å². The number of nitrogens with one attached hydrogen (secondary N) is 1. The SMILES string of the molecule is C.Fc1ccn[nH]1. The molecule has 1 rings (SSSR count). The van der Waals surface area contributed by atoms with Crippen molar-refractivity contribution in [1.82, 2.24) is 10.2 Å². The molecule has 1 heterocycles. The van der Waals surface area contributed by atoms with E-state index in [0.29, 0.717) is 0 Å². The minimum atomic E-state index is -0.394. The van der Waals surface area contributed by atoms with Crippen molar-refractivity contribution in [3.8, 4) is 0 Å². The van der Waals surface area contributed by atoms with Crippen molar-refractivity contribution in [2.75, 3.05) is 0 Å². The molecule has 0 fully saturated rings. The number of hydrogen-bond donors (Lipinski definition) is 1. The molecule has 0 atom stereocenters. The van der Waals surface area contributed by atoms with Gasteiger partial charge in [-0.3, -0.25) is 5.10 Å². The zero-order valence-electron chi connectivity index (χ0n) is 2.98. The van der Waals surface area contributed by atoms with Crippen LogP contribution in [0.1, 0.15) is 7.43 Å². The van der Waals surface area contributed by atoms with Crippen molar-refractivity contribution in [3.05, 3.63) is 18.2 Å². The highest BCUT2D eigenvalue weighted by Gasteiger charge is 1.79. The Bertz CT molecular complexity index is 113. The fourth-order valence-electron chi connectivity index (χ4n) is 0.239. The van der Waals surface area contributed by atoms with Crippen LogP contribution in [0.25, 0.3) is 0 Å². The van der Waals surface area contributed by atoms with Gasteiger partial charge in [0.1, 0.15) is 0 Å². The maximum Gasteiger partial charge on any atom is 0.208 e. The van der Waals surface area contributed by atoms with E-state index in [4.69, 9.17) is 0 Å². The summed E-state index contributed by atoms with van der Waals surface area (Å²) < 4.78 is 11.5. The van der Waals surface area contributed by atoms with Crippen LogP contribution in [0.5, 0.6) is 0 Å². The molecule has 0 aromatic carbocycles. The van der Waals surface area contributed by atoms with Crippen LogP contribution in [-0.4, -0.2) is 10.2 Å². The van der Waals surface area contributed by atoms with Crippen LogP contribution in [0.15, 0.2) is 12.3 Å². The number of nitrogens with zero attached hydrogens (tertiary/aromatic N) is 1. The van der Waals surface area contributed by atoms with E-state index in [1.807, 2.05) is 0 Å². The van der Waals surface area contributed by atoms with Crippen molar-refractivity contribution < 1.29 is 4.39 Å². The lowest BCUT2D eigenvalue weighted by Gasteiger charge is -1.62. The molecule has 3 heteroatoms. The highest BCUT2D eigenvalue weighted by Crippen LogP contribution is 1.82. The first-order chi connectivity index (χ1) is 2.89. The Labute approximate surface area is 41.4 Å². The van der Waals surface area contributed by atoms with E-state index in [1.54, 1.807) is 0 Å². The monoisotopic (exact) mass is 102 g/mol. The van der Waals surface area contributed by atoms with Crippen LogP contribution < -0.4 is 0 Å². The van der Waals surface area contributed by atoms with Gasteiger partial charge in [-0.05, 0) is 0 Å². The average Bonchev–Trinajstić information content (AvgIpc) is 1.86. The van der Waals surface area contributed by atoms with Gasteiger partial charge >= 0.3 is 0 Å². The van der Waals surface area contributed by atoms with Crippen molar-refractivity contribution in [2.24, 2.45) is 0 Å². The molecule has 0 saturated heterocycles. The molecule has 1 N–H and O–H groups in total. The third-order valence-electron chi connectivity index (χ3n) is 0.467. The molecule has 0 aliphatic rings. The van der Waals surface area contributed by atoms with E-state index in [2.05, 4.69) is 10.2 Å². The third kappa shape index (κ3) is 1.34. The van der Waals surface area contributed by atoms with Crippen molar-refractivity contribution in [2.45, 2.75) is 7.43 Å². The van der Waals surface area contributed by atoms with Crippen LogP contribution in [-0.2, 0) is 0 Å². The van der Waals surface area contributed by atoms with Crippen LogP contribution in [0.4, 0.5) is 4.39 Å². The fraction of sp³-hybridized carbons (Fsp3) is 0.250. The standard InChI is InChI=1S/C3H3FN2.CH4/c4-3-1-2-5-6-3;/h1-2H,(H,5,6);1H4. The minimum Gasteiger partial charge on any atom is -0.253 e. The van der Waals surface area contributed by atoms with E-state index < -0.39 is 5.95 Å². The predicted octanol–water partition coefficient (Wildman–Crippen LogP) is 1.18. The lowest BCUT2D eigenvalue weighted by molar-refractivity contribution is 0.579. The van der Waals surface area contributed by atoms with E-state index in [-0.39, 0.29) is 7.43 Å². The maximum absolute atomic E-state index is 11.5. The maximum atomic E-state index is 11.5. The van der Waals surface area contributed by atoms with Crippen LogP contribution in [0.3, 0.4) is 0 Å². The lowest BCUT2D eigenvalue weighted by atomic mass is 10.7. The lowest BCUT2D eigenvalue weighted by Crippen LogP contribution is -1.66. The molecular weight excluding hydrogens is 95.1 g/mol. The van der Waals surface area contributed by atoms with Gasteiger partial charge in [-0.2, -0.15) is 9.49 Å². The highest BCUT2D eigenvalue weighted by atomic mass is 19.1. The Balaban J connectivity index is 0.000000360. The first-order valence-corrected chi connectivity index (χ1v) is 1.54. The van der Waals surface area contributed by atoms with E-state index in [1.165, 1.54) is 12.3 Å². The zero-order valence-corrected chi connectivity index (χ0v) is 2.98. The fourth-order valence-corrected chi connectivity index (χ4v) is 0.239. The number of aromatic amines is 1. The molecule has 1 aromatic rings. The molecular formula is C4H7FN2. The molecule has 2 nitrogen and oxygen atoms in total. The Morgan fingerprint density at radius 3 is 2.57 bits per heavy atom. The van der Waals surface area contributed by atoms with Crippen molar-refractivity contribution in [3.63, 3.8) is 0 Å². The van der Waals surface area contributed by atoms with Crippen LogP contribution >= 0.6 is 0 Å². The second kappa shape index (κ2) is 2.34. The molecule has 40 valence electrons. The average molecular weight is 102 g/mol. The predicted molar refractivity (Wildman–Crippen MR) is 25.3 cm³/mol. The van der Waals surface area contributed by atoms with Gasteiger partial charge in [-0.15, -0.1) is 0 Å². The van der Waals surface area contributed by atoms with Gasteiger partial charge < -0.3 is 0 Å². The summed E-state index contributed by atoms with van der Waals surface area (Å²) in [5.41, 5.74) is 0. The number of H-pyrrole nitrogens is 1. The second-order valence-corrected chi connectivity index (χ2v) is 0.905. The zero-order chi connectivity index (χ0) is 4.41. The number of rotatable bonds is 0. The summed E-state index contributed by atoms with van der Waals surface area (Å²) in [6.07, 6.45) is 1.36. The molecule has 0 amide bonds. The van der Waals surface area contributed by atoms with Crippen LogP contribution in [0, 0.1) is 5.95 Å². The molecule has 0 aliphatic heterocycles. The highest BCUT2D eigenvalue weighted by molar-refractivity contribution is 4.77. The summed E-state index contributed by atoms with van der Waals surface area (Å²) in [5.74, 6) is -0.394. The molecule has 0 radical (unpaired) electrons. The molecule has 0 aliphatic carbocycles. The van der Waals surface area contributed by atoms with Gasteiger partial charge in [-0.1, -0.05) is 7.43 Å². The summed E-state index contributed by atoms with van der Waals surface area (Å²) in [5, 5.41) is 5.41. The smallest absolute Gasteiger partial charge is 0.208 e. The summed E-state index contributed by atoms with van der Waals surface area (Å²) in [6, 6.07) is 1.25. The number of hydrogen-bond acceptors (Lipinski definition) is 1. The van der Waals surface area contributed by atoms with Crippen LogP contribution in [0.2, 0.25) is 0 Å². The number of halogens is 1. The first-order valence-electron chi connectivity index (χ1n) is 1.54. The summed E-state index contributed by atoms with van der Waals surface area (Å²) >= 11 is 0. The number of aromatic nitrogens is 2. The van der Waals surface area contributed by atoms with E-state index >= 15 is 0 Å². The third-order valence-corrected chi connectivity index (χ3v) is 0.467. The normalized spacial score (nSPS) is 7.57. The Morgan fingerprint density at radius 2 is 2.43 bits per heavy atom. The van der Waals surface area contributed by atoms with E-state index in [0.717, 1.165) is 0 Å². The first kappa shape index (κ1) is 6.14. The Hall–Kier alpha value is -0.860. The van der Waals surface area contributed by atoms with E-state index in [9.17, 15) is 4.39 Å². The molecule has 0 unspecified atom stereocenters. The molecule has 7 heavy (non-hydrogen) atoms. The van der Waals surface area contributed by atoms with Gasteiger partial charge in [0.2, 0.25) is 5.95 Å². The van der Waals surface area contributed by atoms with Gasteiger partial charge in [-0.25, -0.2) is 0 Å². The second-order valence-electron chi connectivity index (χ2n) is 0.905. The summed E-state index contributed by atoms with van der Waals surface area (Å²) in [7, 11) is 0.